The summed E-state index contributed by atoms with van der Waals surface area (Å²) >= 11 is 0. The zero-order chi connectivity index (χ0) is 31.0. The molecule has 2 aliphatic heterocycles. The third-order valence-electron chi connectivity index (χ3n) is 5.59. The summed E-state index contributed by atoms with van der Waals surface area (Å²) in [6.07, 6.45) is 1.32. The number of aryl methyl sites for hydroxylation is 1. The van der Waals surface area contributed by atoms with Gasteiger partial charge >= 0.3 is 11.9 Å². The van der Waals surface area contributed by atoms with Gasteiger partial charge < -0.3 is 30.6 Å². The summed E-state index contributed by atoms with van der Waals surface area (Å²) in [4.78, 5) is 46.0. The molecule has 0 aliphatic carbocycles. The quantitative estimate of drug-likeness (QED) is 0.244. The standard InChI is InChI=1S/C24H27N7O4.C3H4F2O2/c1-13(2)35-18-9-6-16-10-19(18)34-12-28-22(25)15-4-7-17(8-5-15)29-21(16)24(33)31-30-23(32)20-14(3)26-11-27-20;1-3(4,5)2(6)7/h4-11,13,21,29H,12H2,1-3H3,(H2,25,28)(H,26,27)(H,30,32)(H,31,33);1H3,(H,6,7). The lowest BCUT2D eigenvalue weighted by Gasteiger charge is -2.22. The molecule has 0 saturated heterocycles. The number of nitrogens with zero attached hydrogens (tertiary/aromatic N) is 2. The van der Waals surface area contributed by atoms with E-state index < -0.39 is 29.7 Å². The molecule has 15 heteroatoms. The van der Waals surface area contributed by atoms with Crippen LogP contribution in [0.25, 0.3) is 0 Å². The number of amides is 2. The topological polar surface area (TPSA) is 193 Å². The lowest BCUT2D eigenvalue weighted by atomic mass is 10.0. The Bertz CT molecular complexity index is 1450. The van der Waals surface area contributed by atoms with Gasteiger partial charge in [0.2, 0.25) is 0 Å². The van der Waals surface area contributed by atoms with Crippen LogP contribution in [0.15, 0.2) is 53.8 Å². The number of rotatable bonds is 5. The number of hydrogen-bond donors (Lipinski definition) is 6. The molecule has 224 valence electrons. The van der Waals surface area contributed by atoms with E-state index in [-0.39, 0.29) is 18.5 Å². The number of amidine groups is 1. The highest BCUT2D eigenvalue weighted by Gasteiger charge is 2.31. The SMILES string of the molecule is CC(F)(F)C(=O)O.Cc1[nH]cnc1C(=O)NNC(=O)C1Nc2ccc(cc2)/C(N)=N\COc2cc1ccc2OC(C)C. The number of aromatic nitrogens is 2. The average molecular weight is 588 g/mol. The van der Waals surface area contributed by atoms with E-state index in [1.54, 1.807) is 49.4 Å². The number of imidazole rings is 1. The van der Waals surface area contributed by atoms with Crippen LogP contribution in [-0.2, 0) is 9.59 Å². The second-order valence-corrected chi connectivity index (χ2v) is 9.36. The number of alkyl halides is 2. The van der Waals surface area contributed by atoms with Gasteiger partial charge in [-0.05, 0) is 62.7 Å². The monoisotopic (exact) mass is 587 g/mol. The number of nitrogens with one attached hydrogen (secondary N) is 4. The van der Waals surface area contributed by atoms with Crippen LogP contribution in [0.1, 0.15) is 54.1 Å². The number of carbonyl (C=O) groups is 3. The minimum absolute atomic E-state index is 0.0329. The predicted molar refractivity (Wildman–Crippen MR) is 148 cm³/mol. The number of H-pyrrole nitrogens is 1. The first kappa shape index (κ1) is 31.3. The highest BCUT2D eigenvalue weighted by molar-refractivity contribution is 5.98. The van der Waals surface area contributed by atoms with Gasteiger partial charge in [-0.2, -0.15) is 8.78 Å². The van der Waals surface area contributed by atoms with Gasteiger partial charge in [0.25, 0.3) is 11.8 Å². The van der Waals surface area contributed by atoms with E-state index in [0.29, 0.717) is 46.8 Å². The number of carboxylic acid groups (broad SMARTS) is 1. The summed E-state index contributed by atoms with van der Waals surface area (Å²) in [6, 6.07) is 11.5. The molecule has 0 spiro atoms. The second-order valence-electron chi connectivity index (χ2n) is 9.36. The van der Waals surface area contributed by atoms with Gasteiger partial charge in [-0.3, -0.25) is 20.4 Å². The lowest BCUT2D eigenvalue weighted by molar-refractivity contribution is -0.161. The molecule has 0 fully saturated rings. The molecule has 2 aromatic carbocycles. The summed E-state index contributed by atoms with van der Waals surface area (Å²) in [5.74, 6) is -5.47. The molecule has 1 atom stereocenters. The first-order chi connectivity index (χ1) is 19.8. The van der Waals surface area contributed by atoms with Gasteiger partial charge in [-0.1, -0.05) is 6.07 Å². The number of ether oxygens (including phenoxy) is 2. The molecule has 7 N–H and O–H groups in total. The predicted octanol–water partition coefficient (Wildman–Crippen LogP) is 2.90. The van der Waals surface area contributed by atoms with Crippen molar-refractivity contribution in [3.05, 3.63) is 71.3 Å². The number of carbonyl (C=O) groups excluding carboxylic acids is 2. The van der Waals surface area contributed by atoms with Crippen molar-refractivity contribution in [2.45, 2.75) is 45.8 Å². The first-order valence-corrected chi connectivity index (χ1v) is 12.6. The Morgan fingerprint density at radius 3 is 2.40 bits per heavy atom. The van der Waals surface area contributed by atoms with Gasteiger partial charge in [-0.25, -0.2) is 14.8 Å². The van der Waals surface area contributed by atoms with Crippen LogP contribution >= 0.6 is 0 Å². The number of fused-ring (bicyclic) bond motifs is 5. The largest absolute Gasteiger partial charge is 0.487 e. The van der Waals surface area contributed by atoms with Gasteiger partial charge in [0.1, 0.15) is 11.9 Å². The van der Waals surface area contributed by atoms with E-state index in [0.717, 1.165) is 0 Å². The van der Waals surface area contributed by atoms with E-state index in [1.807, 2.05) is 13.8 Å². The number of benzene rings is 2. The van der Waals surface area contributed by atoms with E-state index in [2.05, 4.69) is 31.1 Å². The van der Waals surface area contributed by atoms with Crippen LogP contribution in [0.4, 0.5) is 14.5 Å². The number of anilines is 1. The van der Waals surface area contributed by atoms with Crippen LogP contribution in [0.3, 0.4) is 0 Å². The van der Waals surface area contributed by atoms with Crippen LogP contribution in [0.5, 0.6) is 11.5 Å². The Balaban J connectivity index is 0.000000616. The molecular weight excluding hydrogens is 556 g/mol. The van der Waals surface area contributed by atoms with Crippen molar-refractivity contribution in [3.63, 3.8) is 0 Å². The second kappa shape index (κ2) is 13.4. The Kier molecular flexibility index (Phi) is 10.0. The van der Waals surface area contributed by atoms with Crippen molar-refractivity contribution in [2.75, 3.05) is 12.0 Å². The smallest absolute Gasteiger partial charge is 0.374 e. The molecule has 5 rings (SSSR count). The molecule has 2 amide bonds. The first-order valence-electron chi connectivity index (χ1n) is 12.6. The molecule has 13 nitrogen and oxygen atoms in total. The highest BCUT2D eigenvalue weighted by atomic mass is 19.3. The molecule has 1 unspecified atom stereocenters. The third kappa shape index (κ3) is 8.39. The summed E-state index contributed by atoms with van der Waals surface area (Å²) in [7, 11) is 0. The number of halogens is 2. The van der Waals surface area contributed by atoms with Crippen LogP contribution < -0.4 is 31.4 Å². The minimum atomic E-state index is -3.58. The fourth-order valence-corrected chi connectivity index (χ4v) is 3.47. The zero-order valence-electron chi connectivity index (χ0n) is 23.2. The number of hydrazine groups is 1. The Hall–Kier alpha value is -5.21. The van der Waals surface area contributed by atoms with Crippen LogP contribution in [0, 0.1) is 6.92 Å². The Morgan fingerprint density at radius 2 is 1.83 bits per heavy atom. The van der Waals surface area contributed by atoms with Gasteiger partial charge in [-0.15, -0.1) is 0 Å². The van der Waals surface area contributed by atoms with Crippen molar-refractivity contribution in [3.8, 4) is 11.5 Å². The van der Waals surface area contributed by atoms with Crippen molar-refractivity contribution < 1.29 is 37.7 Å². The summed E-state index contributed by atoms with van der Waals surface area (Å²) in [5.41, 5.74) is 13.7. The maximum absolute atomic E-state index is 13.2. The average Bonchev–Trinajstić information content (AvgIpc) is 3.36. The number of hydrogen-bond acceptors (Lipinski definition) is 9. The lowest BCUT2D eigenvalue weighted by Crippen LogP contribution is -2.45. The minimum Gasteiger partial charge on any atom is -0.487 e. The normalized spacial score (nSPS) is 15.6. The third-order valence-corrected chi connectivity index (χ3v) is 5.59. The number of nitrogens with two attached hydrogens (primary N) is 1. The molecule has 2 aliphatic rings. The molecule has 42 heavy (non-hydrogen) atoms. The summed E-state index contributed by atoms with van der Waals surface area (Å²) < 4.78 is 34.2. The molecule has 4 bridgehead atoms. The van der Waals surface area contributed by atoms with Crippen molar-refractivity contribution in [1.29, 1.82) is 0 Å². The van der Waals surface area contributed by atoms with Crippen molar-refractivity contribution in [1.82, 2.24) is 20.8 Å². The fraction of sp³-hybridized carbons (Fsp3) is 0.296. The van der Waals surface area contributed by atoms with Crippen LogP contribution in [0.2, 0.25) is 0 Å². The molecule has 3 aromatic rings. The van der Waals surface area contributed by atoms with E-state index in [9.17, 15) is 23.2 Å². The number of aromatic amines is 1. The molecule has 1 aromatic heterocycles. The Labute approximate surface area is 239 Å². The number of aliphatic imine (C=N–C) groups is 1. The van der Waals surface area contributed by atoms with Gasteiger partial charge in [0.05, 0.1) is 12.4 Å². The van der Waals surface area contributed by atoms with E-state index in [1.165, 1.54) is 6.33 Å². The maximum Gasteiger partial charge on any atom is 0.374 e. The molecule has 0 radical (unpaired) electrons. The molecular formula is C27H31F2N7O6. The number of carboxylic acids is 1. The van der Waals surface area contributed by atoms with Crippen molar-refractivity contribution >= 4 is 29.3 Å². The van der Waals surface area contributed by atoms with Gasteiger partial charge in [0, 0.05) is 23.9 Å². The Morgan fingerprint density at radius 1 is 1.17 bits per heavy atom. The van der Waals surface area contributed by atoms with Crippen molar-refractivity contribution in [2.24, 2.45) is 10.7 Å². The van der Waals surface area contributed by atoms with Gasteiger partial charge in [0.15, 0.2) is 23.9 Å². The fourth-order valence-electron chi connectivity index (χ4n) is 3.47. The molecule has 3 heterocycles. The zero-order valence-corrected chi connectivity index (χ0v) is 23.2. The molecule has 0 saturated carbocycles. The maximum atomic E-state index is 13.2. The summed E-state index contributed by atoms with van der Waals surface area (Å²) in [6.45, 7) is 5.81. The van der Waals surface area contributed by atoms with Crippen LogP contribution in [-0.4, -0.2) is 57.5 Å². The van der Waals surface area contributed by atoms with E-state index in [4.69, 9.17) is 20.3 Å². The summed E-state index contributed by atoms with van der Waals surface area (Å²) in [5, 5.41) is 10.7. The number of aliphatic carboxylic acids is 1. The van der Waals surface area contributed by atoms with E-state index >= 15 is 0 Å². The highest BCUT2D eigenvalue weighted by Crippen LogP contribution is 2.33.